The van der Waals surface area contributed by atoms with Crippen LogP contribution in [0.4, 0.5) is 24.5 Å². The largest absolute Gasteiger partial charge is 0.418 e. The molecule has 1 aliphatic rings. The van der Waals surface area contributed by atoms with Gasteiger partial charge in [-0.25, -0.2) is 12.7 Å². The lowest BCUT2D eigenvalue weighted by molar-refractivity contribution is -0.137. The van der Waals surface area contributed by atoms with Crippen molar-refractivity contribution in [3.05, 3.63) is 77.4 Å². The average molecular weight is 460 g/mol. The smallest absolute Gasteiger partial charge is 0.229 e. The van der Waals surface area contributed by atoms with Gasteiger partial charge in [0.1, 0.15) is 0 Å². The molecule has 3 aromatic rings. The molecule has 0 unspecified atom stereocenters. The highest BCUT2D eigenvalue weighted by atomic mass is 32.2. The molecule has 168 valence electrons. The summed E-state index contributed by atoms with van der Waals surface area (Å²) in [5.41, 5.74) is 1.10. The van der Waals surface area contributed by atoms with Gasteiger partial charge in [0.2, 0.25) is 0 Å². The first kappa shape index (κ1) is 22.4. The molecule has 0 radical (unpaired) electrons. The van der Waals surface area contributed by atoms with Crippen LogP contribution in [-0.4, -0.2) is 8.42 Å². The fourth-order valence-corrected chi connectivity index (χ4v) is 5.71. The third-order valence-corrected chi connectivity index (χ3v) is 7.35. The van der Waals surface area contributed by atoms with Crippen molar-refractivity contribution in [2.24, 2.45) is 0 Å². The van der Waals surface area contributed by atoms with E-state index in [0.717, 1.165) is 22.7 Å². The molecule has 0 aliphatic carbocycles. The molecule has 0 saturated carbocycles. The molecule has 4 rings (SSSR count). The minimum atomic E-state index is -4.66. The first-order chi connectivity index (χ1) is 15.2. The second-order valence-corrected chi connectivity index (χ2v) is 9.85. The molecule has 1 aliphatic heterocycles. The number of nitrogens with zero attached hydrogens (tertiary/aromatic N) is 1. The lowest BCUT2D eigenvalue weighted by Gasteiger charge is -2.13. The third kappa shape index (κ3) is 4.01. The highest BCUT2D eigenvalue weighted by Crippen LogP contribution is 2.62. The van der Waals surface area contributed by atoms with Crippen molar-refractivity contribution in [1.82, 2.24) is 0 Å². The van der Waals surface area contributed by atoms with E-state index in [1.54, 1.807) is 43.3 Å². The number of hydrogen-bond acceptors (Lipinski definition) is 2. The Bertz CT molecular complexity index is 1250. The van der Waals surface area contributed by atoms with Gasteiger partial charge in [-0.2, -0.15) is 13.2 Å². The van der Waals surface area contributed by atoms with E-state index in [1.807, 2.05) is 13.0 Å². The Balaban J connectivity index is 1.92. The Hall–Kier alpha value is -2.80. The van der Waals surface area contributed by atoms with Gasteiger partial charge in [-0.3, -0.25) is 0 Å². The van der Waals surface area contributed by atoms with Gasteiger partial charge in [-0.15, -0.1) is 0 Å². The summed E-state index contributed by atoms with van der Waals surface area (Å²) in [4.78, 5) is -0.0200. The molecular weight excluding hydrogens is 435 g/mol. The molecule has 1 heterocycles. The molecule has 0 saturated heterocycles. The molecular formula is C25H24F3NO2S. The number of sulfonamides is 1. The Morgan fingerprint density at radius 1 is 0.906 bits per heavy atom. The number of anilines is 2. The molecule has 7 heteroatoms. The average Bonchev–Trinajstić information content (AvgIpc) is 3.49. The maximum atomic E-state index is 14.2. The van der Waals surface area contributed by atoms with Gasteiger partial charge in [0.25, 0.3) is 10.0 Å². The van der Waals surface area contributed by atoms with Crippen LogP contribution >= 0.6 is 0 Å². The van der Waals surface area contributed by atoms with Crippen molar-refractivity contribution < 1.29 is 21.6 Å². The first-order valence-electron chi connectivity index (χ1n) is 10.6. The number of aryl methyl sites for hydroxylation is 2. The summed E-state index contributed by atoms with van der Waals surface area (Å²) < 4.78 is 70.2. The lowest BCUT2D eigenvalue weighted by Crippen LogP contribution is -2.16. The van der Waals surface area contributed by atoms with E-state index in [4.69, 9.17) is 0 Å². The maximum absolute atomic E-state index is 14.2. The van der Waals surface area contributed by atoms with E-state index in [1.165, 1.54) is 18.2 Å². The summed E-state index contributed by atoms with van der Waals surface area (Å²) in [6.45, 7) is 3.74. The minimum absolute atomic E-state index is 0.0200. The van der Waals surface area contributed by atoms with E-state index in [-0.39, 0.29) is 28.3 Å². The topological polar surface area (TPSA) is 37.1 Å². The quantitative estimate of drug-likeness (QED) is 0.276. The standard InChI is InChI=1S/C25H24F3NO2S/c1-3-4-6-13-19-16-21(18-11-7-5-8-12-18)23-24(22(19)25(26,27)28)29(23)32(30,31)20-14-9-10-17(2)15-20/h5,7-12,14-16H,3-4,6,13H2,1-2H3. The van der Waals surface area contributed by atoms with Crippen molar-refractivity contribution in [2.75, 3.05) is 4.31 Å². The zero-order valence-electron chi connectivity index (χ0n) is 17.9. The van der Waals surface area contributed by atoms with Crippen LogP contribution < -0.4 is 4.31 Å². The number of benzene rings is 3. The Morgan fingerprint density at radius 2 is 1.62 bits per heavy atom. The molecule has 0 spiro atoms. The number of unbranched alkanes of at least 4 members (excludes halogenated alkanes) is 2. The molecule has 0 N–H and O–H groups in total. The molecule has 0 fully saturated rings. The van der Waals surface area contributed by atoms with Gasteiger partial charge >= 0.3 is 6.18 Å². The lowest BCUT2D eigenvalue weighted by atomic mass is 9.95. The van der Waals surface area contributed by atoms with E-state index in [2.05, 4.69) is 0 Å². The second kappa shape index (κ2) is 8.28. The van der Waals surface area contributed by atoms with Gasteiger partial charge in [0, 0.05) is 5.56 Å². The molecule has 0 bridgehead atoms. The van der Waals surface area contributed by atoms with Crippen molar-refractivity contribution >= 4 is 21.4 Å². The molecule has 3 aromatic carbocycles. The highest BCUT2D eigenvalue weighted by molar-refractivity contribution is 7.93. The number of alkyl halides is 3. The van der Waals surface area contributed by atoms with Crippen molar-refractivity contribution in [2.45, 2.75) is 50.6 Å². The third-order valence-electron chi connectivity index (χ3n) is 5.66. The van der Waals surface area contributed by atoms with Gasteiger partial charge in [-0.1, -0.05) is 62.2 Å². The highest BCUT2D eigenvalue weighted by Gasteiger charge is 2.52. The van der Waals surface area contributed by atoms with Crippen LogP contribution in [-0.2, 0) is 22.6 Å². The fraction of sp³-hybridized carbons (Fsp3) is 0.280. The summed E-state index contributed by atoms with van der Waals surface area (Å²) in [5, 5.41) is 0. The van der Waals surface area contributed by atoms with E-state index in [0.29, 0.717) is 17.5 Å². The minimum Gasteiger partial charge on any atom is -0.229 e. The Labute approximate surface area is 186 Å². The monoisotopic (exact) mass is 459 g/mol. The fourth-order valence-electron chi connectivity index (χ4n) is 4.11. The van der Waals surface area contributed by atoms with Crippen LogP contribution in [0.5, 0.6) is 0 Å². The number of fused-ring (bicyclic) bond motifs is 1. The van der Waals surface area contributed by atoms with Gasteiger partial charge < -0.3 is 0 Å². The summed E-state index contributed by atoms with van der Waals surface area (Å²) in [7, 11) is -4.17. The zero-order valence-corrected chi connectivity index (χ0v) is 18.7. The molecule has 3 nitrogen and oxygen atoms in total. The Morgan fingerprint density at radius 3 is 2.25 bits per heavy atom. The van der Waals surface area contributed by atoms with Crippen molar-refractivity contribution in [3.63, 3.8) is 0 Å². The van der Waals surface area contributed by atoms with Crippen LogP contribution in [0.25, 0.3) is 11.1 Å². The van der Waals surface area contributed by atoms with Gasteiger partial charge in [-0.05, 0) is 54.7 Å². The van der Waals surface area contributed by atoms with Crippen LogP contribution in [0, 0.1) is 6.92 Å². The van der Waals surface area contributed by atoms with E-state index < -0.39 is 21.8 Å². The van der Waals surface area contributed by atoms with Crippen LogP contribution in [0.15, 0.2) is 65.6 Å². The normalized spacial score (nSPS) is 13.2. The van der Waals surface area contributed by atoms with E-state index >= 15 is 0 Å². The zero-order chi connectivity index (χ0) is 23.1. The number of rotatable bonds is 7. The Kier molecular flexibility index (Phi) is 5.79. The predicted octanol–water partition coefficient (Wildman–Crippen LogP) is 7.25. The first-order valence-corrected chi connectivity index (χ1v) is 12.0. The predicted molar refractivity (Wildman–Crippen MR) is 121 cm³/mol. The van der Waals surface area contributed by atoms with Crippen molar-refractivity contribution in [3.8, 4) is 11.1 Å². The van der Waals surface area contributed by atoms with Gasteiger partial charge in [0.05, 0.1) is 21.8 Å². The molecule has 32 heavy (non-hydrogen) atoms. The molecule has 0 atom stereocenters. The van der Waals surface area contributed by atoms with Crippen LogP contribution in [0.3, 0.4) is 0 Å². The SMILES string of the molecule is CCCCCc1cc(-c2ccccc2)c2c(c1C(F)(F)F)N2S(=O)(=O)c1cccc(C)c1. The second-order valence-electron chi connectivity index (χ2n) is 8.06. The number of hydrogen-bond donors (Lipinski definition) is 0. The summed E-state index contributed by atoms with van der Waals surface area (Å²) in [6, 6.07) is 16.7. The summed E-state index contributed by atoms with van der Waals surface area (Å²) >= 11 is 0. The summed E-state index contributed by atoms with van der Waals surface area (Å²) in [6.07, 6.45) is -2.12. The number of halogens is 3. The summed E-state index contributed by atoms with van der Waals surface area (Å²) in [5.74, 6) is 0. The molecule has 0 amide bonds. The maximum Gasteiger partial charge on any atom is 0.418 e. The van der Waals surface area contributed by atoms with Crippen LogP contribution in [0.2, 0.25) is 0 Å². The van der Waals surface area contributed by atoms with E-state index in [9.17, 15) is 21.6 Å². The molecule has 0 aromatic heterocycles. The van der Waals surface area contributed by atoms with Gasteiger partial charge in [0.15, 0.2) is 0 Å². The van der Waals surface area contributed by atoms with Crippen molar-refractivity contribution in [1.29, 1.82) is 0 Å². The van der Waals surface area contributed by atoms with Crippen LogP contribution in [0.1, 0.15) is 42.9 Å².